The molecule has 0 aliphatic rings. The molecule has 0 aromatic heterocycles. The molecule has 0 spiro atoms. The molecular formula is C11H15IN2. The molecule has 0 amide bonds. The second kappa shape index (κ2) is 5.24. The van der Waals surface area contributed by atoms with E-state index in [9.17, 15) is 0 Å². The van der Waals surface area contributed by atoms with Crippen molar-refractivity contribution in [1.29, 1.82) is 0 Å². The van der Waals surface area contributed by atoms with Gasteiger partial charge in [0.15, 0.2) is 0 Å². The fourth-order valence-corrected chi connectivity index (χ4v) is 1.57. The number of hydrogen-bond donors (Lipinski definition) is 2. The summed E-state index contributed by atoms with van der Waals surface area (Å²) in [6.45, 7) is 4.99. The average molecular weight is 302 g/mol. The molecule has 1 rings (SSSR count). The van der Waals surface area contributed by atoms with Crippen LogP contribution in [-0.4, -0.2) is 6.54 Å². The van der Waals surface area contributed by atoms with Gasteiger partial charge in [-0.3, -0.25) is 0 Å². The fourth-order valence-electron chi connectivity index (χ4n) is 1.06. The number of hydrogen-bond acceptors (Lipinski definition) is 2. The van der Waals surface area contributed by atoms with Gasteiger partial charge in [0.05, 0.1) is 11.4 Å². The molecule has 1 aromatic rings. The molecule has 0 saturated carbocycles. The first-order valence-electron chi connectivity index (χ1n) is 4.52. The Kier molecular flexibility index (Phi) is 4.25. The van der Waals surface area contributed by atoms with Crippen molar-refractivity contribution in [3.8, 4) is 0 Å². The van der Waals surface area contributed by atoms with Crippen molar-refractivity contribution in [3.63, 3.8) is 0 Å². The van der Waals surface area contributed by atoms with Crippen LogP contribution in [0, 0.1) is 3.57 Å². The van der Waals surface area contributed by atoms with E-state index in [1.54, 1.807) is 0 Å². The van der Waals surface area contributed by atoms with E-state index in [1.807, 2.05) is 18.2 Å². The van der Waals surface area contributed by atoms with Crippen molar-refractivity contribution < 1.29 is 0 Å². The van der Waals surface area contributed by atoms with Crippen LogP contribution in [0.5, 0.6) is 0 Å². The highest BCUT2D eigenvalue weighted by atomic mass is 127. The number of rotatable bonds is 3. The van der Waals surface area contributed by atoms with Gasteiger partial charge in [-0.1, -0.05) is 11.6 Å². The molecule has 3 N–H and O–H groups in total. The molecular weight excluding hydrogens is 287 g/mol. The zero-order chi connectivity index (χ0) is 10.6. The summed E-state index contributed by atoms with van der Waals surface area (Å²) in [4.78, 5) is 0. The Morgan fingerprint density at radius 3 is 2.79 bits per heavy atom. The van der Waals surface area contributed by atoms with E-state index >= 15 is 0 Å². The monoisotopic (exact) mass is 302 g/mol. The van der Waals surface area contributed by atoms with Crippen LogP contribution in [0.25, 0.3) is 0 Å². The number of nitrogens with two attached hydrogens (primary N) is 1. The number of nitrogens with one attached hydrogen (secondary N) is 1. The van der Waals surface area contributed by atoms with Gasteiger partial charge >= 0.3 is 0 Å². The highest BCUT2D eigenvalue weighted by Gasteiger charge is 1.97. The SMILES string of the molecule is CC(C)=CCNc1ccc(I)cc1N. The largest absolute Gasteiger partial charge is 0.397 e. The number of allylic oxidation sites excluding steroid dienone is 1. The van der Waals surface area contributed by atoms with Gasteiger partial charge in [-0.05, 0) is 54.6 Å². The summed E-state index contributed by atoms with van der Waals surface area (Å²) in [5.74, 6) is 0. The summed E-state index contributed by atoms with van der Waals surface area (Å²) in [7, 11) is 0. The molecule has 2 nitrogen and oxygen atoms in total. The van der Waals surface area contributed by atoms with Gasteiger partial charge in [-0.25, -0.2) is 0 Å². The zero-order valence-corrected chi connectivity index (χ0v) is 10.6. The third kappa shape index (κ3) is 3.57. The van der Waals surface area contributed by atoms with Crippen molar-refractivity contribution in [2.24, 2.45) is 0 Å². The first-order valence-corrected chi connectivity index (χ1v) is 5.59. The highest BCUT2D eigenvalue weighted by Crippen LogP contribution is 2.20. The van der Waals surface area contributed by atoms with Crippen LogP contribution < -0.4 is 11.1 Å². The van der Waals surface area contributed by atoms with E-state index in [0.717, 1.165) is 21.5 Å². The molecule has 0 unspecified atom stereocenters. The van der Waals surface area contributed by atoms with Crippen molar-refractivity contribution in [2.45, 2.75) is 13.8 Å². The van der Waals surface area contributed by atoms with E-state index in [2.05, 4.69) is 47.8 Å². The second-order valence-corrected chi connectivity index (χ2v) is 4.64. The number of nitrogen functional groups attached to an aromatic ring is 1. The molecule has 0 atom stereocenters. The Balaban J connectivity index is 2.64. The molecule has 0 bridgehead atoms. The maximum absolute atomic E-state index is 5.85. The van der Waals surface area contributed by atoms with Crippen molar-refractivity contribution >= 4 is 34.0 Å². The maximum Gasteiger partial charge on any atom is 0.0577 e. The number of anilines is 2. The van der Waals surface area contributed by atoms with E-state index in [-0.39, 0.29) is 0 Å². The van der Waals surface area contributed by atoms with Crippen molar-refractivity contribution in [2.75, 3.05) is 17.6 Å². The first kappa shape index (κ1) is 11.4. The predicted molar refractivity (Wildman–Crippen MR) is 71.5 cm³/mol. The summed E-state index contributed by atoms with van der Waals surface area (Å²) in [6, 6.07) is 6.02. The molecule has 0 aliphatic carbocycles. The summed E-state index contributed by atoms with van der Waals surface area (Å²) in [5, 5.41) is 3.27. The van der Waals surface area contributed by atoms with Gasteiger partial charge in [-0.15, -0.1) is 0 Å². The Morgan fingerprint density at radius 2 is 2.21 bits per heavy atom. The van der Waals surface area contributed by atoms with Gasteiger partial charge in [0.1, 0.15) is 0 Å². The summed E-state index contributed by atoms with van der Waals surface area (Å²) in [6.07, 6.45) is 2.14. The molecule has 0 fully saturated rings. The third-order valence-corrected chi connectivity index (χ3v) is 2.49. The number of halogens is 1. The predicted octanol–water partition coefficient (Wildman–Crippen LogP) is 3.25. The van der Waals surface area contributed by atoms with Gasteiger partial charge in [-0.2, -0.15) is 0 Å². The van der Waals surface area contributed by atoms with Gasteiger partial charge in [0, 0.05) is 10.1 Å². The lowest BCUT2D eigenvalue weighted by Gasteiger charge is -2.07. The van der Waals surface area contributed by atoms with E-state index in [1.165, 1.54) is 5.57 Å². The van der Waals surface area contributed by atoms with Crippen LogP contribution in [0.3, 0.4) is 0 Å². The Bertz CT molecular complexity index is 341. The van der Waals surface area contributed by atoms with Crippen LogP contribution in [0.1, 0.15) is 13.8 Å². The summed E-state index contributed by atoms with van der Waals surface area (Å²) in [5.41, 5.74) is 8.96. The lowest BCUT2D eigenvalue weighted by atomic mass is 10.2. The first-order chi connectivity index (χ1) is 6.59. The Labute approximate surface area is 98.7 Å². The Morgan fingerprint density at radius 1 is 1.50 bits per heavy atom. The highest BCUT2D eigenvalue weighted by molar-refractivity contribution is 14.1. The van der Waals surface area contributed by atoms with Crippen LogP contribution in [0.4, 0.5) is 11.4 Å². The minimum Gasteiger partial charge on any atom is -0.397 e. The molecule has 14 heavy (non-hydrogen) atoms. The maximum atomic E-state index is 5.85. The van der Waals surface area contributed by atoms with E-state index in [4.69, 9.17) is 5.73 Å². The second-order valence-electron chi connectivity index (χ2n) is 3.39. The topological polar surface area (TPSA) is 38.0 Å². The fraction of sp³-hybridized carbons (Fsp3) is 0.273. The van der Waals surface area contributed by atoms with Crippen molar-refractivity contribution in [3.05, 3.63) is 33.4 Å². The molecule has 0 saturated heterocycles. The number of benzene rings is 1. The molecule has 76 valence electrons. The molecule has 0 heterocycles. The standard InChI is InChI=1S/C11H15IN2/c1-8(2)5-6-14-11-4-3-9(12)7-10(11)13/h3-5,7,14H,6,13H2,1-2H3. The van der Waals surface area contributed by atoms with Crippen molar-refractivity contribution in [1.82, 2.24) is 0 Å². The smallest absolute Gasteiger partial charge is 0.0577 e. The third-order valence-electron chi connectivity index (χ3n) is 1.82. The van der Waals surface area contributed by atoms with Crippen LogP contribution in [-0.2, 0) is 0 Å². The van der Waals surface area contributed by atoms with Gasteiger partial charge in [0.2, 0.25) is 0 Å². The average Bonchev–Trinajstić information content (AvgIpc) is 2.08. The molecule has 1 aromatic carbocycles. The summed E-state index contributed by atoms with van der Waals surface area (Å²) >= 11 is 2.25. The normalized spacial score (nSPS) is 9.64. The molecule has 3 heteroatoms. The van der Waals surface area contributed by atoms with Gasteiger partial charge < -0.3 is 11.1 Å². The van der Waals surface area contributed by atoms with E-state index < -0.39 is 0 Å². The lowest BCUT2D eigenvalue weighted by Crippen LogP contribution is -2.02. The van der Waals surface area contributed by atoms with Crippen LogP contribution in [0.15, 0.2) is 29.8 Å². The minimum atomic E-state index is 0.805. The van der Waals surface area contributed by atoms with Gasteiger partial charge in [0.25, 0.3) is 0 Å². The molecule has 0 aliphatic heterocycles. The Hall–Kier alpha value is -0.710. The lowest BCUT2D eigenvalue weighted by molar-refractivity contribution is 1.26. The van der Waals surface area contributed by atoms with Crippen LogP contribution >= 0.6 is 22.6 Å². The van der Waals surface area contributed by atoms with Crippen LogP contribution in [0.2, 0.25) is 0 Å². The minimum absolute atomic E-state index is 0.805. The zero-order valence-electron chi connectivity index (χ0n) is 8.47. The molecule has 0 radical (unpaired) electrons. The van der Waals surface area contributed by atoms with E-state index in [0.29, 0.717) is 0 Å². The summed E-state index contributed by atoms with van der Waals surface area (Å²) < 4.78 is 1.16. The quantitative estimate of drug-likeness (QED) is 0.511.